The van der Waals surface area contributed by atoms with Gasteiger partial charge in [0.15, 0.2) is 11.8 Å². The van der Waals surface area contributed by atoms with Crippen LogP contribution in [0.2, 0.25) is 0 Å². The van der Waals surface area contributed by atoms with Crippen molar-refractivity contribution >= 4 is 17.3 Å². The summed E-state index contributed by atoms with van der Waals surface area (Å²) in [5.41, 5.74) is 0. The van der Waals surface area contributed by atoms with E-state index in [0.717, 1.165) is 50.0 Å². The number of nitrogens with one attached hydrogen (secondary N) is 2. The first-order valence-electron chi connectivity index (χ1n) is 8.99. The third-order valence-electron chi connectivity index (χ3n) is 4.13. The van der Waals surface area contributed by atoms with Crippen LogP contribution in [0.4, 0.5) is 0 Å². The first kappa shape index (κ1) is 19.4. The summed E-state index contributed by atoms with van der Waals surface area (Å²) in [7, 11) is 1.97. The first-order valence-corrected chi connectivity index (χ1v) is 9.87. The van der Waals surface area contributed by atoms with Crippen LogP contribution in [0.15, 0.2) is 22.5 Å². The second-order valence-electron chi connectivity index (χ2n) is 6.44. The monoisotopic (exact) mass is 362 g/mol. The van der Waals surface area contributed by atoms with Gasteiger partial charge in [0.05, 0.1) is 0 Å². The SMILES string of the molecule is CCCCNC(=NCc1nnc(C)n1C)NCC(C)Cc1cccs1. The van der Waals surface area contributed by atoms with Gasteiger partial charge in [-0.05, 0) is 37.1 Å². The van der Waals surface area contributed by atoms with Crippen LogP contribution in [-0.2, 0) is 20.0 Å². The minimum absolute atomic E-state index is 0.526. The maximum atomic E-state index is 4.68. The molecule has 6 nitrogen and oxygen atoms in total. The Morgan fingerprint density at radius 2 is 2.20 bits per heavy atom. The Hall–Kier alpha value is -1.89. The molecule has 25 heavy (non-hydrogen) atoms. The molecule has 7 heteroatoms. The summed E-state index contributed by atoms with van der Waals surface area (Å²) in [6.45, 7) is 8.76. The van der Waals surface area contributed by atoms with Gasteiger partial charge >= 0.3 is 0 Å². The number of nitrogens with zero attached hydrogens (tertiary/aromatic N) is 4. The number of aromatic nitrogens is 3. The van der Waals surface area contributed by atoms with E-state index in [-0.39, 0.29) is 0 Å². The topological polar surface area (TPSA) is 67.1 Å². The van der Waals surface area contributed by atoms with Gasteiger partial charge in [-0.3, -0.25) is 0 Å². The molecular weight excluding hydrogens is 332 g/mol. The van der Waals surface area contributed by atoms with Crippen LogP contribution in [0.3, 0.4) is 0 Å². The zero-order chi connectivity index (χ0) is 18.1. The number of hydrogen-bond donors (Lipinski definition) is 2. The molecule has 1 unspecified atom stereocenters. The number of rotatable bonds is 9. The number of aryl methyl sites for hydroxylation is 1. The van der Waals surface area contributed by atoms with Crippen molar-refractivity contribution in [2.24, 2.45) is 18.0 Å². The normalized spacial score (nSPS) is 13.0. The summed E-state index contributed by atoms with van der Waals surface area (Å²) in [5.74, 6) is 3.19. The third-order valence-corrected chi connectivity index (χ3v) is 5.03. The largest absolute Gasteiger partial charge is 0.356 e. The minimum Gasteiger partial charge on any atom is -0.356 e. The highest BCUT2D eigenvalue weighted by molar-refractivity contribution is 7.09. The summed E-state index contributed by atoms with van der Waals surface area (Å²) in [6.07, 6.45) is 3.39. The van der Waals surface area contributed by atoms with Gasteiger partial charge in [-0.15, -0.1) is 21.5 Å². The average Bonchev–Trinajstić information content (AvgIpc) is 3.21. The lowest BCUT2D eigenvalue weighted by Gasteiger charge is -2.16. The fourth-order valence-corrected chi connectivity index (χ4v) is 3.28. The highest BCUT2D eigenvalue weighted by Crippen LogP contribution is 2.13. The van der Waals surface area contributed by atoms with Crippen molar-refractivity contribution in [3.05, 3.63) is 34.0 Å². The molecule has 0 aliphatic rings. The zero-order valence-corrected chi connectivity index (χ0v) is 16.6. The standard InChI is InChI=1S/C18H30N6S/c1-5-6-9-19-18(21-13-17-23-22-15(3)24(17)4)20-12-14(2)11-16-8-7-10-25-16/h7-8,10,14H,5-6,9,11-13H2,1-4H3,(H2,19,20,21). The molecule has 0 bridgehead atoms. The molecule has 0 aliphatic carbocycles. The zero-order valence-electron chi connectivity index (χ0n) is 15.7. The van der Waals surface area contributed by atoms with Crippen molar-refractivity contribution in [2.75, 3.05) is 13.1 Å². The van der Waals surface area contributed by atoms with Crippen LogP contribution in [0.25, 0.3) is 0 Å². The molecule has 0 aliphatic heterocycles. The van der Waals surface area contributed by atoms with E-state index < -0.39 is 0 Å². The Balaban J connectivity index is 1.89. The van der Waals surface area contributed by atoms with E-state index in [9.17, 15) is 0 Å². The Labute approximate surface area is 154 Å². The van der Waals surface area contributed by atoms with Gasteiger partial charge in [0.2, 0.25) is 0 Å². The molecule has 2 N–H and O–H groups in total. The van der Waals surface area contributed by atoms with Crippen molar-refractivity contribution in [1.29, 1.82) is 0 Å². The molecular formula is C18H30N6S. The van der Waals surface area contributed by atoms with Crippen LogP contribution >= 0.6 is 11.3 Å². The molecule has 0 amide bonds. The Bertz CT molecular complexity index is 647. The van der Waals surface area contributed by atoms with Crippen molar-refractivity contribution in [1.82, 2.24) is 25.4 Å². The van der Waals surface area contributed by atoms with E-state index in [1.54, 1.807) is 0 Å². The predicted molar refractivity (Wildman–Crippen MR) is 105 cm³/mol. The minimum atomic E-state index is 0.526. The van der Waals surface area contributed by atoms with E-state index >= 15 is 0 Å². The quantitative estimate of drug-likeness (QED) is 0.409. The maximum absolute atomic E-state index is 4.68. The summed E-state index contributed by atoms with van der Waals surface area (Å²) in [6, 6.07) is 4.31. The van der Waals surface area contributed by atoms with E-state index in [1.165, 1.54) is 4.88 Å². The van der Waals surface area contributed by atoms with Crippen LogP contribution in [-0.4, -0.2) is 33.8 Å². The lowest BCUT2D eigenvalue weighted by Crippen LogP contribution is -2.40. The average molecular weight is 363 g/mol. The number of guanidine groups is 1. The maximum Gasteiger partial charge on any atom is 0.191 e. The second-order valence-corrected chi connectivity index (χ2v) is 7.47. The number of thiophene rings is 1. The van der Waals surface area contributed by atoms with Gasteiger partial charge in [0, 0.05) is 25.0 Å². The van der Waals surface area contributed by atoms with E-state index in [1.807, 2.05) is 29.9 Å². The third kappa shape index (κ3) is 6.49. The Morgan fingerprint density at radius 3 is 2.84 bits per heavy atom. The lowest BCUT2D eigenvalue weighted by molar-refractivity contribution is 0.560. The molecule has 2 aromatic rings. The Morgan fingerprint density at radius 1 is 1.36 bits per heavy atom. The highest BCUT2D eigenvalue weighted by Gasteiger charge is 2.08. The van der Waals surface area contributed by atoms with E-state index in [4.69, 9.17) is 0 Å². The fourth-order valence-electron chi connectivity index (χ4n) is 2.41. The van der Waals surface area contributed by atoms with Gasteiger partial charge in [-0.25, -0.2) is 4.99 Å². The smallest absolute Gasteiger partial charge is 0.191 e. The van der Waals surface area contributed by atoms with Crippen LogP contribution in [0.1, 0.15) is 43.2 Å². The second kappa shape index (κ2) is 10.2. The van der Waals surface area contributed by atoms with Gasteiger partial charge in [-0.2, -0.15) is 0 Å². The summed E-state index contributed by atoms with van der Waals surface area (Å²) >= 11 is 1.82. The molecule has 2 aromatic heterocycles. The van der Waals surface area contributed by atoms with E-state index in [0.29, 0.717) is 12.5 Å². The molecule has 0 radical (unpaired) electrons. The molecule has 0 aromatic carbocycles. The lowest BCUT2D eigenvalue weighted by atomic mass is 10.1. The summed E-state index contributed by atoms with van der Waals surface area (Å²) < 4.78 is 1.98. The highest BCUT2D eigenvalue weighted by atomic mass is 32.1. The predicted octanol–water partition coefficient (Wildman–Crippen LogP) is 2.90. The van der Waals surface area contributed by atoms with Crippen LogP contribution in [0.5, 0.6) is 0 Å². The molecule has 2 rings (SSSR count). The number of aliphatic imine (C=N–C) groups is 1. The molecule has 0 spiro atoms. The summed E-state index contributed by atoms with van der Waals surface area (Å²) in [5, 5.41) is 17.3. The number of hydrogen-bond acceptors (Lipinski definition) is 4. The van der Waals surface area contributed by atoms with Gasteiger partial charge in [0.1, 0.15) is 12.4 Å². The van der Waals surface area contributed by atoms with Gasteiger partial charge in [-0.1, -0.05) is 26.3 Å². The van der Waals surface area contributed by atoms with Crippen molar-refractivity contribution < 1.29 is 0 Å². The molecule has 0 saturated heterocycles. The van der Waals surface area contributed by atoms with Gasteiger partial charge in [0.25, 0.3) is 0 Å². The van der Waals surface area contributed by atoms with Crippen molar-refractivity contribution in [3.63, 3.8) is 0 Å². The fraction of sp³-hybridized carbons (Fsp3) is 0.611. The Kier molecular flexibility index (Phi) is 7.91. The van der Waals surface area contributed by atoms with Crippen LogP contribution < -0.4 is 10.6 Å². The number of unbranched alkanes of at least 4 members (excludes halogenated alkanes) is 1. The molecule has 0 saturated carbocycles. The van der Waals surface area contributed by atoms with Gasteiger partial charge < -0.3 is 15.2 Å². The molecule has 0 fully saturated rings. The summed E-state index contributed by atoms with van der Waals surface area (Å²) in [4.78, 5) is 6.11. The molecule has 2 heterocycles. The molecule has 138 valence electrons. The molecule has 1 atom stereocenters. The van der Waals surface area contributed by atoms with Crippen molar-refractivity contribution in [2.45, 2.75) is 46.6 Å². The van der Waals surface area contributed by atoms with Crippen molar-refractivity contribution in [3.8, 4) is 0 Å². The first-order chi connectivity index (χ1) is 12.1. The van der Waals surface area contributed by atoms with Crippen LogP contribution in [0, 0.1) is 12.8 Å². The van der Waals surface area contributed by atoms with E-state index in [2.05, 4.69) is 57.2 Å².